The Kier molecular flexibility index (Phi) is 11.3. The molecule has 1 aromatic carbocycles. The summed E-state index contributed by atoms with van der Waals surface area (Å²) < 4.78 is 32.2. The summed E-state index contributed by atoms with van der Waals surface area (Å²) in [5, 5.41) is 49.9. The number of carbonyl (C=O) groups is 6. The number of piperidine rings is 1. The molecule has 1 aromatic rings. The maximum absolute atomic E-state index is 13.5. The zero-order valence-corrected chi connectivity index (χ0v) is 28.7. The number of methoxy groups -OCH3 is 1. The monoisotopic (exact) mass is 723 g/mol. The van der Waals surface area contributed by atoms with Gasteiger partial charge in [0.05, 0.1) is 24.5 Å². The lowest BCUT2D eigenvalue weighted by Crippen LogP contribution is -2.71. The number of aliphatic hydroxyl groups excluding tert-OH is 2. The predicted molar refractivity (Wildman–Crippen MR) is 167 cm³/mol. The number of hydrogen-bond acceptors (Lipinski definition) is 16. The lowest BCUT2D eigenvalue weighted by molar-refractivity contribution is -0.188. The first kappa shape index (κ1) is 39.0. The molecule has 1 saturated heterocycles. The third-order valence-corrected chi connectivity index (χ3v) is 9.70. The predicted octanol–water partition coefficient (Wildman–Crippen LogP) is -0.655. The van der Waals surface area contributed by atoms with Crippen molar-refractivity contribution in [1.82, 2.24) is 4.90 Å². The number of hydrogen-bond donors (Lipinski definition) is 5. The van der Waals surface area contributed by atoms with E-state index in [1.54, 1.807) is 6.07 Å². The number of aliphatic hydroxyl groups is 3. The number of aryl methyl sites for hydroxylation is 1. The van der Waals surface area contributed by atoms with Crippen molar-refractivity contribution in [2.45, 2.75) is 101 Å². The van der Waals surface area contributed by atoms with Gasteiger partial charge in [0.25, 0.3) is 0 Å². The fourth-order valence-electron chi connectivity index (χ4n) is 6.75. The Bertz CT molecular complexity index is 1620. The van der Waals surface area contributed by atoms with E-state index in [-0.39, 0.29) is 18.2 Å². The summed E-state index contributed by atoms with van der Waals surface area (Å²) >= 11 is 0. The fourth-order valence-corrected chi connectivity index (χ4v) is 6.75. The Hall–Kier alpha value is -4.78. The number of rotatable bonds is 13. The van der Waals surface area contributed by atoms with Gasteiger partial charge in [0.15, 0.2) is 42.0 Å². The van der Waals surface area contributed by atoms with Crippen molar-refractivity contribution in [2.75, 3.05) is 20.7 Å². The summed E-state index contributed by atoms with van der Waals surface area (Å²) in [6.45, 7) is 6.28. The molecule has 1 fully saturated rings. The van der Waals surface area contributed by atoms with Crippen LogP contribution in [-0.2, 0) is 53.1 Å². The highest BCUT2D eigenvalue weighted by molar-refractivity contribution is 5.89. The second-order valence-electron chi connectivity index (χ2n) is 12.7. The van der Waals surface area contributed by atoms with Gasteiger partial charge in [-0.2, -0.15) is 0 Å². The van der Waals surface area contributed by atoms with Gasteiger partial charge < -0.3 is 58.9 Å². The van der Waals surface area contributed by atoms with Crippen LogP contribution < -0.4 is 9.47 Å². The largest absolute Gasteiger partial charge is 0.493 e. The first-order chi connectivity index (χ1) is 23.8. The minimum atomic E-state index is -2.71. The number of ether oxygens (including phenoxy) is 6. The van der Waals surface area contributed by atoms with Gasteiger partial charge in [-0.25, -0.2) is 24.0 Å². The van der Waals surface area contributed by atoms with Crippen molar-refractivity contribution in [3.63, 3.8) is 0 Å². The number of carboxylic acids is 2. The van der Waals surface area contributed by atoms with Crippen LogP contribution in [0.5, 0.6) is 11.5 Å². The summed E-state index contributed by atoms with van der Waals surface area (Å²) in [6.07, 6.45) is -11.4. The molecular weight excluding hydrogens is 682 g/mol. The van der Waals surface area contributed by atoms with Crippen LogP contribution in [0.15, 0.2) is 24.0 Å². The van der Waals surface area contributed by atoms with E-state index in [2.05, 4.69) is 4.74 Å². The molecule has 1 aliphatic carbocycles. The molecule has 0 saturated carbocycles. The van der Waals surface area contributed by atoms with Crippen LogP contribution in [0.25, 0.3) is 0 Å². The number of likely N-dealkylation sites (tertiary alicyclic amines) is 1. The molecule has 4 rings (SSSR count). The van der Waals surface area contributed by atoms with Gasteiger partial charge in [0.2, 0.25) is 6.10 Å². The Morgan fingerprint density at radius 3 is 2.22 bits per heavy atom. The Balaban J connectivity index is 1.63. The van der Waals surface area contributed by atoms with E-state index < -0.39 is 89.9 Å². The number of nitrogens with zero attached hydrogens (tertiary/aromatic N) is 1. The number of benzene rings is 1. The first-order valence-electron chi connectivity index (χ1n) is 15.9. The number of esters is 4. The van der Waals surface area contributed by atoms with Crippen molar-refractivity contribution in [2.24, 2.45) is 0 Å². The minimum Gasteiger partial charge on any atom is -0.493 e. The molecule has 0 aromatic heterocycles. The van der Waals surface area contributed by atoms with Gasteiger partial charge >= 0.3 is 35.8 Å². The average Bonchev–Trinajstić information content (AvgIpc) is 3.44. The highest BCUT2D eigenvalue weighted by Crippen LogP contribution is 2.62. The van der Waals surface area contributed by atoms with E-state index in [1.807, 2.05) is 31.9 Å². The molecule has 9 atom stereocenters. The molecule has 51 heavy (non-hydrogen) atoms. The molecule has 18 heteroatoms. The van der Waals surface area contributed by atoms with Crippen molar-refractivity contribution >= 4 is 35.8 Å². The highest BCUT2D eigenvalue weighted by atomic mass is 16.6. The average molecular weight is 724 g/mol. The maximum Gasteiger partial charge on any atom is 0.348 e. The van der Waals surface area contributed by atoms with Crippen LogP contribution in [0, 0.1) is 6.92 Å². The molecule has 0 bridgehead atoms. The lowest BCUT2D eigenvalue weighted by atomic mass is 9.54. The van der Waals surface area contributed by atoms with E-state index in [1.165, 1.54) is 13.2 Å². The third-order valence-electron chi connectivity index (χ3n) is 9.70. The van der Waals surface area contributed by atoms with Crippen molar-refractivity contribution in [3.8, 4) is 11.5 Å². The SMILES string of the molecule is COc1ccc(C)c2c1O[C@H]1C(OC(=O)C[C@H](OC(=O)[C@H](O)[C@@H](O)C(=O)O)C(=O)O[C@@H](C)C(=O)O[C@@H](C)C(=O)O)=CC[C@@]3(O)[C@@H](C)N(C)CC[C@]213. The molecule has 3 aliphatic rings. The zero-order valence-electron chi connectivity index (χ0n) is 28.7. The van der Waals surface area contributed by atoms with Gasteiger partial charge in [0.1, 0.15) is 5.76 Å². The summed E-state index contributed by atoms with van der Waals surface area (Å²) in [5.41, 5.74) is -1.09. The molecule has 0 amide bonds. The van der Waals surface area contributed by atoms with E-state index in [0.717, 1.165) is 19.4 Å². The Morgan fingerprint density at radius 1 is 0.961 bits per heavy atom. The van der Waals surface area contributed by atoms with Crippen molar-refractivity contribution in [3.05, 3.63) is 35.1 Å². The number of fused-ring (bicyclic) bond motifs is 1. The molecule has 0 unspecified atom stereocenters. The standard InChI is InChI=1S/C33H41NO17/c1-14-7-8-18(46-6)25-22(14)32-11-12-34(5)17(4)33(32,45)10-9-19(26(32)51-25)49-21(35)13-20(50-31(44)24(37)23(36)28(40)41)30(43)48-16(3)29(42)47-15(2)27(38)39/h7-9,15-17,20,23-24,26,36-37,45H,10-13H2,1-6H3,(H,38,39)(H,40,41)/t15-,16-,17+,20-,23+,24+,26-,32-,33+/m0/s1. The summed E-state index contributed by atoms with van der Waals surface area (Å²) in [4.78, 5) is 75.6. The Morgan fingerprint density at radius 2 is 1.61 bits per heavy atom. The second kappa shape index (κ2) is 14.8. The van der Waals surface area contributed by atoms with Crippen LogP contribution in [0.2, 0.25) is 0 Å². The molecule has 18 nitrogen and oxygen atoms in total. The number of aliphatic carboxylic acids is 2. The van der Waals surface area contributed by atoms with E-state index in [0.29, 0.717) is 30.0 Å². The zero-order chi connectivity index (χ0) is 38.2. The molecular formula is C33H41NO17. The third kappa shape index (κ3) is 7.08. The second-order valence-corrected chi connectivity index (χ2v) is 12.7. The van der Waals surface area contributed by atoms with Gasteiger partial charge in [-0.15, -0.1) is 0 Å². The molecule has 2 aliphatic heterocycles. The molecule has 1 spiro atoms. The Labute approximate surface area is 291 Å². The molecule has 280 valence electrons. The topological polar surface area (TPSA) is 262 Å². The van der Waals surface area contributed by atoms with Gasteiger partial charge in [-0.3, -0.25) is 4.79 Å². The minimum absolute atomic E-state index is 0.00515. The summed E-state index contributed by atoms with van der Waals surface area (Å²) in [6, 6.07) is 3.14. The lowest BCUT2D eigenvalue weighted by Gasteiger charge is -2.58. The molecule has 5 N–H and O–H groups in total. The molecule has 2 heterocycles. The highest BCUT2D eigenvalue weighted by Gasteiger charge is 2.69. The van der Waals surface area contributed by atoms with Gasteiger partial charge in [-0.1, -0.05) is 6.07 Å². The first-order valence-corrected chi connectivity index (χ1v) is 15.9. The maximum atomic E-state index is 13.5. The normalized spacial score (nSPS) is 26.6. The van der Waals surface area contributed by atoms with Crippen LogP contribution in [0.4, 0.5) is 0 Å². The number of carboxylic acid groups (broad SMARTS) is 2. The van der Waals surface area contributed by atoms with E-state index in [9.17, 15) is 44.1 Å². The van der Waals surface area contributed by atoms with Crippen molar-refractivity contribution in [1.29, 1.82) is 0 Å². The number of likely N-dealkylation sites (N-methyl/N-ethyl adjacent to an activating group) is 1. The van der Waals surface area contributed by atoms with Crippen molar-refractivity contribution < 1.29 is 82.7 Å². The molecule has 0 radical (unpaired) electrons. The van der Waals surface area contributed by atoms with E-state index >= 15 is 0 Å². The van der Waals surface area contributed by atoms with E-state index in [4.69, 9.17) is 33.9 Å². The van der Waals surface area contributed by atoms with Gasteiger partial charge in [0, 0.05) is 18.0 Å². The van der Waals surface area contributed by atoms with Crippen LogP contribution in [0.1, 0.15) is 51.2 Å². The van der Waals surface area contributed by atoms with Crippen LogP contribution >= 0.6 is 0 Å². The quantitative estimate of drug-likeness (QED) is 0.125. The van der Waals surface area contributed by atoms with Crippen LogP contribution in [-0.4, -0.2) is 135 Å². The van der Waals surface area contributed by atoms with Gasteiger partial charge in [-0.05, 0) is 65.4 Å². The number of carbonyl (C=O) groups excluding carboxylic acids is 4. The fraction of sp³-hybridized carbons (Fsp3) is 0.576. The van der Waals surface area contributed by atoms with Crippen LogP contribution in [0.3, 0.4) is 0 Å². The summed E-state index contributed by atoms with van der Waals surface area (Å²) in [5.74, 6) is -8.77. The smallest absolute Gasteiger partial charge is 0.348 e. The summed E-state index contributed by atoms with van der Waals surface area (Å²) in [7, 11) is 3.33.